The maximum atomic E-state index is 12.3. The highest BCUT2D eigenvalue weighted by Gasteiger charge is 2.10. The van der Waals surface area contributed by atoms with Gasteiger partial charge in [-0.2, -0.15) is 0 Å². The molecule has 0 aliphatic carbocycles. The maximum absolute atomic E-state index is 12.3. The van der Waals surface area contributed by atoms with Crippen LogP contribution in [0.25, 0.3) is 5.57 Å². The Hall–Kier alpha value is -2.59. The molecule has 0 aromatic heterocycles. The van der Waals surface area contributed by atoms with Crippen LogP contribution in [0.2, 0.25) is 5.02 Å². The van der Waals surface area contributed by atoms with Crippen molar-refractivity contribution >= 4 is 34.5 Å². The number of aliphatic imine (C=N–C) groups is 1. The third kappa shape index (κ3) is 4.69. The van der Waals surface area contributed by atoms with E-state index in [2.05, 4.69) is 10.3 Å². The average molecular weight is 329 g/mol. The third-order valence-electron chi connectivity index (χ3n) is 3.23. The summed E-state index contributed by atoms with van der Waals surface area (Å²) in [5, 5.41) is 12.9. The number of hydrogen-bond acceptors (Lipinski definition) is 3. The summed E-state index contributed by atoms with van der Waals surface area (Å²) in [6.07, 6.45) is 1.68. The molecule has 0 saturated carbocycles. The molecule has 0 unspecified atom stereocenters. The summed E-state index contributed by atoms with van der Waals surface area (Å²) in [5.74, 6) is -0.134. The Balaban J connectivity index is 2.17. The summed E-state index contributed by atoms with van der Waals surface area (Å²) >= 11 is 5.82. The molecular formula is C18H17ClN2O2. The van der Waals surface area contributed by atoms with E-state index >= 15 is 0 Å². The number of phenolic OH excluding ortho intramolecular Hbond substituents is 1. The van der Waals surface area contributed by atoms with Crippen molar-refractivity contribution in [1.29, 1.82) is 0 Å². The molecule has 0 heterocycles. The first-order valence-electron chi connectivity index (χ1n) is 7.01. The fourth-order valence-corrected chi connectivity index (χ4v) is 2.13. The normalized spacial score (nSPS) is 12.1. The van der Waals surface area contributed by atoms with E-state index in [0.717, 1.165) is 11.1 Å². The number of anilines is 1. The van der Waals surface area contributed by atoms with Gasteiger partial charge in [0.2, 0.25) is 0 Å². The SMILES string of the molecule is CN=C(/C=C(\C)c1cccc(O)c1)C(=O)Nc1ccc(Cl)cc1. The van der Waals surface area contributed by atoms with Gasteiger partial charge in [-0.25, -0.2) is 0 Å². The molecule has 1 amide bonds. The zero-order chi connectivity index (χ0) is 16.8. The molecule has 0 aliphatic rings. The number of halogens is 1. The Labute approximate surface area is 140 Å². The van der Waals surface area contributed by atoms with Gasteiger partial charge in [-0.05, 0) is 60.5 Å². The van der Waals surface area contributed by atoms with Gasteiger partial charge in [0.15, 0.2) is 0 Å². The van der Waals surface area contributed by atoms with Crippen molar-refractivity contribution in [2.75, 3.05) is 12.4 Å². The number of nitrogens with zero attached hydrogens (tertiary/aromatic N) is 1. The van der Waals surface area contributed by atoms with Gasteiger partial charge in [-0.15, -0.1) is 0 Å². The smallest absolute Gasteiger partial charge is 0.273 e. The van der Waals surface area contributed by atoms with Crippen LogP contribution in [0.4, 0.5) is 5.69 Å². The Kier molecular flexibility index (Phi) is 5.55. The summed E-state index contributed by atoms with van der Waals surface area (Å²) < 4.78 is 0. The standard InChI is InChI=1S/C18H17ClN2O2/c1-12(13-4-3-5-16(22)11-13)10-17(20-2)18(23)21-15-8-6-14(19)7-9-15/h3-11,22H,1-2H3,(H,21,23)/b12-10+,20-17?. The highest BCUT2D eigenvalue weighted by molar-refractivity contribution is 6.48. The van der Waals surface area contributed by atoms with Crippen molar-refractivity contribution in [3.05, 3.63) is 65.2 Å². The zero-order valence-electron chi connectivity index (χ0n) is 12.9. The molecule has 0 radical (unpaired) electrons. The summed E-state index contributed by atoms with van der Waals surface area (Å²) in [5.41, 5.74) is 2.59. The predicted octanol–water partition coefficient (Wildman–Crippen LogP) is 4.16. The second-order valence-electron chi connectivity index (χ2n) is 4.95. The number of allylic oxidation sites excluding steroid dienone is 1. The molecule has 0 aliphatic heterocycles. The van der Waals surface area contributed by atoms with Crippen LogP contribution >= 0.6 is 11.6 Å². The van der Waals surface area contributed by atoms with Gasteiger partial charge < -0.3 is 10.4 Å². The lowest BCUT2D eigenvalue weighted by atomic mass is 10.1. The van der Waals surface area contributed by atoms with Crippen LogP contribution in [0.5, 0.6) is 5.75 Å². The highest BCUT2D eigenvalue weighted by Crippen LogP contribution is 2.19. The van der Waals surface area contributed by atoms with E-state index in [4.69, 9.17) is 11.6 Å². The molecule has 0 saturated heterocycles. The highest BCUT2D eigenvalue weighted by atomic mass is 35.5. The lowest BCUT2D eigenvalue weighted by Crippen LogP contribution is -2.21. The lowest BCUT2D eigenvalue weighted by molar-refractivity contribution is -0.110. The van der Waals surface area contributed by atoms with Gasteiger partial charge in [0.25, 0.3) is 5.91 Å². The fourth-order valence-electron chi connectivity index (χ4n) is 2.00. The minimum absolute atomic E-state index is 0.177. The van der Waals surface area contributed by atoms with Crippen molar-refractivity contribution in [3.63, 3.8) is 0 Å². The predicted molar refractivity (Wildman–Crippen MR) is 95.2 cm³/mol. The number of phenols is 1. The quantitative estimate of drug-likeness (QED) is 0.828. The molecule has 2 aromatic carbocycles. The second kappa shape index (κ2) is 7.61. The first-order valence-corrected chi connectivity index (χ1v) is 7.39. The van der Waals surface area contributed by atoms with Crippen molar-refractivity contribution in [1.82, 2.24) is 0 Å². The van der Waals surface area contributed by atoms with Gasteiger partial charge in [0.1, 0.15) is 11.5 Å². The van der Waals surface area contributed by atoms with Gasteiger partial charge >= 0.3 is 0 Å². The fraction of sp³-hybridized carbons (Fsp3) is 0.111. The molecule has 4 nitrogen and oxygen atoms in total. The van der Waals surface area contributed by atoms with E-state index < -0.39 is 0 Å². The lowest BCUT2D eigenvalue weighted by Gasteiger charge is -2.07. The number of carbonyl (C=O) groups is 1. The summed E-state index contributed by atoms with van der Waals surface area (Å²) in [4.78, 5) is 16.3. The number of benzene rings is 2. The van der Waals surface area contributed by atoms with Crippen molar-refractivity contribution in [3.8, 4) is 5.75 Å². The topological polar surface area (TPSA) is 61.7 Å². The molecule has 0 spiro atoms. The van der Waals surface area contributed by atoms with E-state index in [0.29, 0.717) is 16.4 Å². The van der Waals surface area contributed by atoms with Gasteiger partial charge in [0, 0.05) is 17.8 Å². The molecular weight excluding hydrogens is 312 g/mol. The number of carbonyl (C=O) groups excluding carboxylic acids is 1. The Bertz CT molecular complexity index is 765. The number of nitrogens with one attached hydrogen (secondary N) is 1. The van der Waals surface area contributed by atoms with E-state index in [1.807, 2.05) is 13.0 Å². The summed E-state index contributed by atoms with van der Waals surface area (Å²) in [7, 11) is 1.56. The number of hydrogen-bond donors (Lipinski definition) is 2. The Morgan fingerprint density at radius 1 is 1.22 bits per heavy atom. The van der Waals surface area contributed by atoms with Crippen molar-refractivity contribution < 1.29 is 9.90 Å². The third-order valence-corrected chi connectivity index (χ3v) is 3.48. The Morgan fingerprint density at radius 3 is 2.52 bits per heavy atom. The summed E-state index contributed by atoms with van der Waals surface area (Å²) in [6.45, 7) is 1.86. The van der Waals surface area contributed by atoms with Crippen LogP contribution in [0, 0.1) is 0 Å². The molecule has 0 bridgehead atoms. The molecule has 2 aromatic rings. The Morgan fingerprint density at radius 2 is 1.91 bits per heavy atom. The number of rotatable bonds is 4. The largest absolute Gasteiger partial charge is 0.508 e. The number of amides is 1. The first kappa shape index (κ1) is 16.8. The summed E-state index contributed by atoms with van der Waals surface area (Å²) in [6, 6.07) is 13.7. The van der Waals surface area contributed by atoms with Crippen LogP contribution in [0.3, 0.4) is 0 Å². The molecule has 23 heavy (non-hydrogen) atoms. The van der Waals surface area contributed by atoms with E-state index in [1.54, 1.807) is 55.6 Å². The average Bonchev–Trinajstić information content (AvgIpc) is 2.54. The van der Waals surface area contributed by atoms with Gasteiger partial charge in [-0.1, -0.05) is 23.7 Å². The van der Waals surface area contributed by atoms with Gasteiger partial charge in [-0.3, -0.25) is 9.79 Å². The van der Waals surface area contributed by atoms with Crippen LogP contribution in [-0.2, 0) is 4.79 Å². The molecule has 118 valence electrons. The maximum Gasteiger partial charge on any atom is 0.273 e. The number of aromatic hydroxyl groups is 1. The molecule has 2 N–H and O–H groups in total. The van der Waals surface area contributed by atoms with Gasteiger partial charge in [0.05, 0.1) is 0 Å². The molecule has 2 rings (SSSR count). The van der Waals surface area contributed by atoms with Crippen LogP contribution in [0.1, 0.15) is 12.5 Å². The minimum atomic E-state index is -0.311. The van der Waals surface area contributed by atoms with Crippen molar-refractivity contribution in [2.24, 2.45) is 4.99 Å². The van der Waals surface area contributed by atoms with E-state index in [9.17, 15) is 9.90 Å². The van der Waals surface area contributed by atoms with Crippen LogP contribution in [-0.4, -0.2) is 23.8 Å². The molecule has 0 atom stereocenters. The first-order chi connectivity index (χ1) is 11.0. The molecule has 5 heteroatoms. The van der Waals surface area contributed by atoms with Crippen LogP contribution in [0.15, 0.2) is 59.6 Å². The van der Waals surface area contributed by atoms with Crippen molar-refractivity contribution in [2.45, 2.75) is 6.92 Å². The van der Waals surface area contributed by atoms with Crippen LogP contribution < -0.4 is 5.32 Å². The molecule has 0 fully saturated rings. The monoisotopic (exact) mass is 328 g/mol. The zero-order valence-corrected chi connectivity index (χ0v) is 13.6. The van der Waals surface area contributed by atoms with E-state index in [1.165, 1.54) is 0 Å². The van der Waals surface area contributed by atoms with E-state index in [-0.39, 0.29) is 11.7 Å². The second-order valence-corrected chi connectivity index (χ2v) is 5.38. The minimum Gasteiger partial charge on any atom is -0.508 e.